The Kier molecular flexibility index (Phi) is 6.73. The van der Waals surface area contributed by atoms with E-state index < -0.39 is 0 Å². The van der Waals surface area contributed by atoms with Gasteiger partial charge in [-0.3, -0.25) is 4.79 Å². The van der Waals surface area contributed by atoms with Gasteiger partial charge in [-0.25, -0.2) is 4.98 Å². The maximum atomic E-state index is 12.7. The van der Waals surface area contributed by atoms with Crippen LogP contribution in [0.3, 0.4) is 0 Å². The van der Waals surface area contributed by atoms with Crippen molar-refractivity contribution in [1.29, 1.82) is 0 Å². The summed E-state index contributed by atoms with van der Waals surface area (Å²) < 4.78 is 13.6. The Hall–Kier alpha value is -3.60. The summed E-state index contributed by atoms with van der Waals surface area (Å²) in [6.45, 7) is 16.3. The third kappa shape index (κ3) is 4.69. The highest BCUT2D eigenvalue weighted by molar-refractivity contribution is 5.89. The molecule has 3 aromatic rings. The lowest BCUT2D eigenvalue weighted by Crippen LogP contribution is -2.50. The first-order valence-corrected chi connectivity index (χ1v) is 11.7. The average Bonchev–Trinajstić information content (AvgIpc) is 2.82. The smallest absolute Gasteiger partial charge is 0.270 e. The van der Waals surface area contributed by atoms with E-state index in [1.807, 2.05) is 26.0 Å². The number of nitrogens with zero attached hydrogens (tertiary/aromatic N) is 5. The van der Waals surface area contributed by atoms with Crippen molar-refractivity contribution in [1.82, 2.24) is 14.5 Å². The third-order valence-electron chi connectivity index (χ3n) is 6.42. The summed E-state index contributed by atoms with van der Waals surface area (Å²) in [5.74, 6) is 1.87. The summed E-state index contributed by atoms with van der Waals surface area (Å²) in [5.41, 5.74) is 2.09. The Labute approximate surface area is 200 Å². The predicted molar refractivity (Wildman–Crippen MR) is 133 cm³/mol. The first kappa shape index (κ1) is 23.6. The topological polar surface area (TPSA) is 73.8 Å². The zero-order valence-corrected chi connectivity index (χ0v) is 20.4. The largest absolute Gasteiger partial charge is 0.489 e. The molecule has 0 N–H and O–H groups in total. The number of hydrogen-bond donors (Lipinski definition) is 0. The minimum absolute atomic E-state index is 0.00480. The molecule has 1 saturated heterocycles. The molecule has 0 aromatic carbocycles. The number of aromatic nitrogens is 3. The van der Waals surface area contributed by atoms with E-state index in [2.05, 4.69) is 33.6 Å². The summed E-state index contributed by atoms with van der Waals surface area (Å²) in [5, 5.41) is 0. The number of hydrogen-bond acceptors (Lipinski definition) is 6. The molecule has 1 aliphatic rings. The van der Waals surface area contributed by atoms with E-state index in [9.17, 15) is 4.79 Å². The van der Waals surface area contributed by atoms with Crippen molar-refractivity contribution in [3.05, 3.63) is 58.3 Å². The molecule has 0 amide bonds. The Bertz CT molecular complexity index is 1260. The third-order valence-corrected chi connectivity index (χ3v) is 6.42. The second-order valence-electron chi connectivity index (χ2n) is 9.14. The van der Waals surface area contributed by atoms with Gasteiger partial charge in [0.05, 0.1) is 23.5 Å². The molecule has 1 fully saturated rings. The summed E-state index contributed by atoms with van der Waals surface area (Å²) in [4.78, 5) is 27.4. The van der Waals surface area contributed by atoms with Gasteiger partial charge in [0.15, 0.2) is 0 Å². The molecular formula is C26H31N5O3. The second-order valence-corrected chi connectivity index (χ2v) is 9.14. The number of aryl methyl sites for hydroxylation is 1. The van der Waals surface area contributed by atoms with Gasteiger partial charge in [0.2, 0.25) is 11.4 Å². The minimum Gasteiger partial charge on any atom is -0.489 e. The quantitative estimate of drug-likeness (QED) is 0.494. The first-order chi connectivity index (χ1) is 16.3. The van der Waals surface area contributed by atoms with Gasteiger partial charge in [-0.15, -0.1) is 4.98 Å². The van der Waals surface area contributed by atoms with E-state index in [0.29, 0.717) is 17.2 Å². The van der Waals surface area contributed by atoms with Crippen LogP contribution in [0.2, 0.25) is 0 Å². The van der Waals surface area contributed by atoms with Gasteiger partial charge < -0.3 is 23.8 Å². The monoisotopic (exact) mass is 461 g/mol. The van der Waals surface area contributed by atoms with Gasteiger partial charge in [0.1, 0.15) is 11.9 Å². The number of pyridine rings is 3. The van der Waals surface area contributed by atoms with E-state index >= 15 is 0 Å². The van der Waals surface area contributed by atoms with Crippen molar-refractivity contribution in [2.75, 3.05) is 11.4 Å². The molecule has 3 aromatic heterocycles. The van der Waals surface area contributed by atoms with Gasteiger partial charge in [-0.1, -0.05) is 13.5 Å². The number of fused-ring (bicyclic) bond motifs is 1. The minimum atomic E-state index is -0.0913. The van der Waals surface area contributed by atoms with Crippen LogP contribution in [-0.4, -0.2) is 39.3 Å². The molecule has 0 bridgehead atoms. The molecular weight excluding hydrogens is 430 g/mol. The van der Waals surface area contributed by atoms with Gasteiger partial charge in [-0.05, 0) is 45.4 Å². The van der Waals surface area contributed by atoms with Crippen LogP contribution in [0.25, 0.3) is 15.9 Å². The van der Waals surface area contributed by atoms with E-state index in [4.69, 9.17) is 16.0 Å². The highest BCUT2D eigenvalue weighted by atomic mass is 16.5. The van der Waals surface area contributed by atoms with Crippen LogP contribution in [0.5, 0.6) is 11.6 Å². The predicted octanol–water partition coefficient (Wildman–Crippen LogP) is 4.74. The van der Waals surface area contributed by atoms with Crippen LogP contribution in [0, 0.1) is 12.5 Å². The normalized spacial score (nSPS) is 20.4. The maximum absolute atomic E-state index is 12.7. The lowest BCUT2D eigenvalue weighted by molar-refractivity contribution is 0.0911. The molecule has 0 saturated carbocycles. The zero-order valence-electron chi connectivity index (χ0n) is 20.4. The van der Waals surface area contributed by atoms with Gasteiger partial charge in [-0.2, -0.15) is 0 Å². The van der Waals surface area contributed by atoms with Crippen LogP contribution in [-0.2, 0) is 7.05 Å². The van der Waals surface area contributed by atoms with Crippen molar-refractivity contribution in [3.8, 4) is 11.6 Å². The molecule has 4 heterocycles. The molecule has 0 aliphatic carbocycles. The van der Waals surface area contributed by atoms with Gasteiger partial charge in [0.25, 0.3) is 11.4 Å². The Morgan fingerprint density at radius 3 is 2.71 bits per heavy atom. The Morgan fingerprint density at radius 2 is 2.06 bits per heavy atom. The van der Waals surface area contributed by atoms with Gasteiger partial charge in [0, 0.05) is 44.1 Å². The number of piperidine rings is 1. The molecule has 0 spiro atoms. The molecule has 0 radical (unpaired) electrons. The Balaban J connectivity index is 1.61. The summed E-state index contributed by atoms with van der Waals surface area (Å²) >= 11 is 0. The van der Waals surface area contributed by atoms with Crippen molar-refractivity contribution < 1.29 is 9.47 Å². The second kappa shape index (κ2) is 9.72. The highest BCUT2D eigenvalue weighted by Crippen LogP contribution is 2.35. The zero-order chi connectivity index (χ0) is 24.4. The molecule has 178 valence electrons. The molecule has 0 unspecified atom stereocenters. The van der Waals surface area contributed by atoms with Crippen molar-refractivity contribution >= 4 is 22.5 Å². The van der Waals surface area contributed by atoms with Crippen LogP contribution in [0.4, 0.5) is 11.5 Å². The van der Waals surface area contributed by atoms with Crippen LogP contribution in [0.1, 0.15) is 40.5 Å². The lowest BCUT2D eigenvalue weighted by Gasteiger charge is -2.43. The van der Waals surface area contributed by atoms with Crippen LogP contribution >= 0.6 is 0 Å². The van der Waals surface area contributed by atoms with Gasteiger partial charge >= 0.3 is 0 Å². The molecule has 34 heavy (non-hydrogen) atoms. The van der Waals surface area contributed by atoms with E-state index in [-0.39, 0.29) is 29.7 Å². The molecule has 1 aliphatic heterocycles. The molecule has 4 rings (SSSR count). The van der Waals surface area contributed by atoms with Crippen molar-refractivity contribution in [2.45, 2.75) is 58.8 Å². The van der Waals surface area contributed by atoms with Crippen molar-refractivity contribution in [3.63, 3.8) is 0 Å². The standard InChI is InChI=1S/C26H31N5O3/c1-7-18-15-31(21-13-25(32)30(6)20-9-10-23(27-5)29-26(20)21)17(4)12-22(18)34-24-11-8-19(14-28-24)33-16(2)3/h8-11,13-14,16-18,22H,7,12,15H2,1-4,6H3/t17-,18+,22+/m0/s1. The van der Waals surface area contributed by atoms with E-state index in [0.717, 1.165) is 36.3 Å². The fourth-order valence-corrected chi connectivity index (χ4v) is 4.59. The first-order valence-electron chi connectivity index (χ1n) is 11.7. The number of rotatable bonds is 6. The average molecular weight is 462 g/mol. The SMILES string of the molecule is [C-]#[N+]c1ccc2c(n1)c(N1C[C@@H](CC)[C@H](Oc3ccc(OC(C)C)cn3)C[C@@H]1C)cc(=O)n2C. The highest BCUT2D eigenvalue weighted by Gasteiger charge is 2.36. The van der Waals surface area contributed by atoms with E-state index in [1.165, 1.54) is 0 Å². The van der Waals surface area contributed by atoms with Crippen molar-refractivity contribution in [2.24, 2.45) is 13.0 Å². The number of anilines is 1. The molecule has 8 heteroatoms. The fraction of sp³-hybridized carbons (Fsp3) is 0.462. The Morgan fingerprint density at radius 1 is 1.26 bits per heavy atom. The van der Waals surface area contributed by atoms with Crippen LogP contribution < -0.4 is 19.9 Å². The summed E-state index contributed by atoms with van der Waals surface area (Å²) in [7, 11) is 1.73. The summed E-state index contributed by atoms with van der Waals surface area (Å²) in [6.07, 6.45) is 3.50. The van der Waals surface area contributed by atoms with E-state index in [1.54, 1.807) is 36.0 Å². The molecule has 8 nitrogen and oxygen atoms in total. The number of ether oxygens (including phenoxy) is 2. The molecule has 3 atom stereocenters. The lowest BCUT2D eigenvalue weighted by atomic mass is 9.88. The fourth-order valence-electron chi connectivity index (χ4n) is 4.59. The summed E-state index contributed by atoms with van der Waals surface area (Å²) in [6, 6.07) is 8.95. The van der Waals surface area contributed by atoms with Crippen LogP contribution in [0.15, 0.2) is 41.3 Å². The maximum Gasteiger partial charge on any atom is 0.270 e.